The number of hydrogen-bond acceptors (Lipinski definition) is 7. The number of carbonyl (C=O) groups is 1. The molecular weight excluding hydrogens is 428 g/mol. The molecule has 6 nitrogen and oxygen atoms in total. The Bertz CT molecular complexity index is 1070. The van der Waals surface area contributed by atoms with E-state index < -0.39 is 6.23 Å². The third kappa shape index (κ3) is 4.97. The fourth-order valence-electron chi connectivity index (χ4n) is 3.35. The molecule has 3 heterocycles. The smallest absolute Gasteiger partial charge is 0.247 e. The van der Waals surface area contributed by atoms with Crippen molar-refractivity contribution in [1.82, 2.24) is 15.2 Å². The quantitative estimate of drug-likeness (QED) is 0.340. The predicted octanol–water partition coefficient (Wildman–Crippen LogP) is 5.67. The molecule has 0 aliphatic carbocycles. The molecule has 0 bridgehead atoms. The van der Waals surface area contributed by atoms with E-state index in [0.717, 1.165) is 28.3 Å². The van der Waals surface area contributed by atoms with Gasteiger partial charge >= 0.3 is 0 Å². The first-order valence-corrected chi connectivity index (χ1v) is 12.2. The van der Waals surface area contributed by atoms with E-state index in [4.69, 9.17) is 4.74 Å². The standard InChI is InChI=1S/C23H24N4O2S2/c1-3-4-7-14-31-23-24-22-21(25-26-23)18-10-5-6-11-19(18)27(16(2)28)20(29-22)13-12-17-9-8-15-30-17/h5-6,8-13,15,20H,3-4,7,14H2,1-2H3/b13-12+/t20-/m0/s1. The highest BCUT2D eigenvalue weighted by atomic mass is 32.2. The van der Waals surface area contributed by atoms with E-state index in [1.807, 2.05) is 53.9 Å². The van der Waals surface area contributed by atoms with Gasteiger partial charge in [0.1, 0.15) is 0 Å². The molecule has 8 heteroatoms. The number of para-hydroxylation sites is 1. The van der Waals surface area contributed by atoms with Gasteiger partial charge in [-0.25, -0.2) is 0 Å². The Morgan fingerprint density at radius 2 is 2.10 bits per heavy atom. The molecule has 0 saturated carbocycles. The first-order chi connectivity index (χ1) is 15.2. The molecule has 1 atom stereocenters. The van der Waals surface area contributed by atoms with Crippen molar-refractivity contribution in [3.05, 3.63) is 52.7 Å². The molecule has 0 saturated heterocycles. The van der Waals surface area contributed by atoms with Crippen LogP contribution in [0.15, 0.2) is 53.0 Å². The van der Waals surface area contributed by atoms with E-state index in [1.54, 1.807) is 28.0 Å². The molecule has 1 aliphatic heterocycles. The number of nitrogens with zero attached hydrogens (tertiary/aromatic N) is 4. The Hall–Kier alpha value is -2.71. The number of amides is 1. The van der Waals surface area contributed by atoms with Crippen molar-refractivity contribution < 1.29 is 9.53 Å². The second-order valence-electron chi connectivity index (χ2n) is 7.09. The van der Waals surface area contributed by atoms with Crippen LogP contribution in [0.25, 0.3) is 17.3 Å². The summed E-state index contributed by atoms with van der Waals surface area (Å²) in [7, 11) is 0. The molecule has 0 N–H and O–H groups in total. The number of carbonyl (C=O) groups excluding carboxylic acids is 1. The highest BCUT2D eigenvalue weighted by Gasteiger charge is 2.32. The van der Waals surface area contributed by atoms with Crippen LogP contribution in [0.5, 0.6) is 5.88 Å². The Morgan fingerprint density at radius 1 is 1.23 bits per heavy atom. The number of unbranched alkanes of at least 4 members (excludes halogenated alkanes) is 2. The van der Waals surface area contributed by atoms with Gasteiger partial charge in [0.15, 0.2) is 11.9 Å². The zero-order valence-electron chi connectivity index (χ0n) is 17.5. The lowest BCUT2D eigenvalue weighted by Gasteiger charge is -2.27. The van der Waals surface area contributed by atoms with Crippen LogP contribution < -0.4 is 9.64 Å². The van der Waals surface area contributed by atoms with Crippen LogP contribution in [0, 0.1) is 0 Å². The van der Waals surface area contributed by atoms with E-state index in [2.05, 4.69) is 22.1 Å². The fraction of sp³-hybridized carbons (Fsp3) is 0.304. The molecule has 1 aromatic carbocycles. The van der Waals surface area contributed by atoms with Gasteiger partial charge in [-0.05, 0) is 36.1 Å². The molecule has 4 rings (SSSR count). The van der Waals surface area contributed by atoms with Gasteiger partial charge in [-0.3, -0.25) is 9.69 Å². The average Bonchev–Trinajstić information content (AvgIpc) is 3.24. The monoisotopic (exact) mass is 452 g/mol. The summed E-state index contributed by atoms with van der Waals surface area (Å²) < 4.78 is 6.28. The Labute approximate surface area is 190 Å². The van der Waals surface area contributed by atoms with Crippen molar-refractivity contribution in [3.63, 3.8) is 0 Å². The van der Waals surface area contributed by atoms with Crippen LogP contribution in [0.1, 0.15) is 38.0 Å². The SMILES string of the molecule is CCCCCSc1nnc2c(n1)O[C@@H](/C=C/c1cccs1)N(C(C)=O)c1ccccc1-2. The lowest BCUT2D eigenvalue weighted by atomic mass is 10.1. The normalized spacial score (nSPS) is 15.3. The van der Waals surface area contributed by atoms with Gasteiger partial charge in [-0.1, -0.05) is 55.8 Å². The van der Waals surface area contributed by atoms with Gasteiger partial charge in [0.25, 0.3) is 0 Å². The van der Waals surface area contributed by atoms with Crippen molar-refractivity contribution in [2.24, 2.45) is 0 Å². The van der Waals surface area contributed by atoms with Gasteiger partial charge in [-0.2, -0.15) is 4.98 Å². The first kappa shape index (κ1) is 21.5. The molecule has 1 amide bonds. The van der Waals surface area contributed by atoms with Crippen LogP contribution in [0.3, 0.4) is 0 Å². The second kappa shape index (κ2) is 10.1. The first-order valence-electron chi connectivity index (χ1n) is 10.3. The Morgan fingerprint density at radius 3 is 2.87 bits per heavy atom. The number of benzene rings is 1. The predicted molar refractivity (Wildman–Crippen MR) is 126 cm³/mol. The van der Waals surface area contributed by atoms with E-state index in [1.165, 1.54) is 19.8 Å². The summed E-state index contributed by atoms with van der Waals surface area (Å²) in [6.07, 6.45) is 6.66. The average molecular weight is 453 g/mol. The third-order valence-electron chi connectivity index (χ3n) is 4.83. The number of hydrogen-bond donors (Lipinski definition) is 0. The molecule has 31 heavy (non-hydrogen) atoms. The minimum absolute atomic E-state index is 0.122. The minimum Gasteiger partial charge on any atom is -0.448 e. The Kier molecular flexibility index (Phi) is 6.99. The largest absolute Gasteiger partial charge is 0.448 e. The molecule has 3 aromatic rings. The molecular formula is C23H24N4O2S2. The molecule has 2 aromatic heterocycles. The summed E-state index contributed by atoms with van der Waals surface area (Å²) in [6, 6.07) is 11.6. The van der Waals surface area contributed by atoms with Crippen molar-refractivity contribution in [2.45, 2.75) is 44.5 Å². The minimum atomic E-state index is -0.642. The number of ether oxygens (including phenoxy) is 1. The molecule has 0 fully saturated rings. The highest BCUT2D eigenvalue weighted by molar-refractivity contribution is 7.99. The summed E-state index contributed by atoms with van der Waals surface area (Å²) >= 11 is 3.21. The second-order valence-corrected chi connectivity index (χ2v) is 9.13. The lowest BCUT2D eigenvalue weighted by Crippen LogP contribution is -2.41. The molecule has 0 unspecified atom stereocenters. The van der Waals surface area contributed by atoms with E-state index in [9.17, 15) is 4.79 Å². The van der Waals surface area contributed by atoms with Gasteiger partial charge in [0, 0.05) is 23.1 Å². The summed E-state index contributed by atoms with van der Waals surface area (Å²) in [5, 5.41) is 11.4. The summed E-state index contributed by atoms with van der Waals surface area (Å²) in [4.78, 5) is 20.0. The van der Waals surface area contributed by atoms with Crippen LogP contribution >= 0.6 is 23.1 Å². The van der Waals surface area contributed by atoms with Gasteiger partial charge < -0.3 is 4.74 Å². The van der Waals surface area contributed by atoms with Crippen molar-refractivity contribution in [2.75, 3.05) is 10.7 Å². The zero-order valence-corrected chi connectivity index (χ0v) is 19.2. The van der Waals surface area contributed by atoms with E-state index in [-0.39, 0.29) is 5.91 Å². The number of rotatable bonds is 7. The van der Waals surface area contributed by atoms with E-state index in [0.29, 0.717) is 16.7 Å². The number of anilines is 1. The van der Waals surface area contributed by atoms with Crippen molar-refractivity contribution >= 4 is 40.8 Å². The van der Waals surface area contributed by atoms with Crippen molar-refractivity contribution in [3.8, 4) is 17.1 Å². The lowest BCUT2D eigenvalue weighted by molar-refractivity contribution is -0.117. The molecule has 0 radical (unpaired) electrons. The van der Waals surface area contributed by atoms with Crippen LogP contribution in [0.2, 0.25) is 0 Å². The number of thiophene rings is 1. The summed E-state index contributed by atoms with van der Waals surface area (Å²) in [5.74, 6) is 1.21. The van der Waals surface area contributed by atoms with Gasteiger partial charge in [-0.15, -0.1) is 21.5 Å². The van der Waals surface area contributed by atoms with Crippen LogP contribution in [0.4, 0.5) is 5.69 Å². The molecule has 1 aliphatic rings. The van der Waals surface area contributed by atoms with E-state index >= 15 is 0 Å². The highest BCUT2D eigenvalue weighted by Crippen LogP contribution is 2.39. The van der Waals surface area contributed by atoms with Crippen LogP contribution in [-0.2, 0) is 4.79 Å². The van der Waals surface area contributed by atoms with Crippen molar-refractivity contribution in [1.29, 1.82) is 0 Å². The van der Waals surface area contributed by atoms with Crippen LogP contribution in [-0.4, -0.2) is 33.1 Å². The zero-order chi connectivity index (χ0) is 21.6. The van der Waals surface area contributed by atoms with Gasteiger partial charge in [0.2, 0.25) is 16.9 Å². The maximum absolute atomic E-state index is 12.7. The number of fused-ring (bicyclic) bond motifs is 3. The topological polar surface area (TPSA) is 68.2 Å². The molecule has 0 spiro atoms. The van der Waals surface area contributed by atoms with Gasteiger partial charge in [0.05, 0.1) is 5.69 Å². The maximum atomic E-state index is 12.7. The fourth-order valence-corrected chi connectivity index (χ4v) is 4.76. The number of thioether (sulfide) groups is 1. The maximum Gasteiger partial charge on any atom is 0.247 e. The summed E-state index contributed by atoms with van der Waals surface area (Å²) in [5.41, 5.74) is 2.06. The third-order valence-corrected chi connectivity index (χ3v) is 6.59. The number of aromatic nitrogens is 3. The Balaban J connectivity index is 1.73. The summed E-state index contributed by atoms with van der Waals surface area (Å²) in [6.45, 7) is 3.72. The molecule has 160 valence electrons.